The molecule has 154 valence electrons. The minimum absolute atomic E-state index is 0.0266. The molecule has 8 saturated carbocycles. The third-order valence-corrected chi connectivity index (χ3v) is 10.7. The molecule has 0 N–H and O–H groups in total. The smallest absolute Gasteiger partial charge is 0.311 e. The van der Waals surface area contributed by atoms with E-state index in [0.717, 1.165) is 53.8 Å². The maximum absolute atomic E-state index is 13.1. The average molecular weight is 385 g/mol. The Labute approximate surface area is 169 Å². The van der Waals surface area contributed by atoms with Gasteiger partial charge in [-0.25, -0.2) is 0 Å². The molecule has 0 heterocycles. The predicted octanol–water partition coefficient (Wildman–Crippen LogP) is 5.18. The molecular weight excluding hydrogens is 348 g/mol. The van der Waals surface area contributed by atoms with Crippen LogP contribution in [0.15, 0.2) is 0 Å². The topological polar surface area (TPSA) is 35.5 Å². The van der Waals surface area contributed by atoms with Crippen LogP contribution in [0.2, 0.25) is 0 Å². The number of rotatable bonds is 4. The van der Waals surface area contributed by atoms with Crippen molar-refractivity contribution in [2.75, 3.05) is 0 Å². The van der Waals surface area contributed by atoms with Crippen LogP contribution in [0.4, 0.5) is 0 Å². The van der Waals surface area contributed by atoms with Crippen molar-refractivity contribution in [1.82, 2.24) is 0 Å². The summed E-state index contributed by atoms with van der Waals surface area (Å²) in [6.07, 6.45) is 14.3. The van der Waals surface area contributed by atoms with Gasteiger partial charge in [-0.1, -0.05) is 0 Å². The van der Waals surface area contributed by atoms with Gasteiger partial charge in [0.15, 0.2) is 0 Å². The van der Waals surface area contributed by atoms with Gasteiger partial charge in [-0.3, -0.25) is 4.79 Å². The van der Waals surface area contributed by atoms with Gasteiger partial charge in [0.25, 0.3) is 0 Å². The lowest BCUT2D eigenvalue weighted by Crippen LogP contribution is -2.53. The second-order valence-electron chi connectivity index (χ2n) is 12.2. The third-order valence-electron chi connectivity index (χ3n) is 10.7. The number of ether oxygens (including phenoxy) is 2. The number of fused-ring (bicyclic) bond motifs is 9. The van der Waals surface area contributed by atoms with Crippen molar-refractivity contribution in [1.29, 1.82) is 0 Å². The quantitative estimate of drug-likeness (QED) is 0.381. The molecule has 28 heavy (non-hydrogen) atoms. The zero-order chi connectivity index (χ0) is 18.6. The van der Waals surface area contributed by atoms with Crippen LogP contribution in [-0.2, 0) is 14.3 Å². The number of hydrogen-bond acceptors (Lipinski definition) is 3. The Morgan fingerprint density at radius 3 is 2.14 bits per heavy atom. The van der Waals surface area contributed by atoms with E-state index < -0.39 is 0 Å². The Balaban J connectivity index is 1.01. The van der Waals surface area contributed by atoms with Crippen LogP contribution in [0.5, 0.6) is 0 Å². The van der Waals surface area contributed by atoms with E-state index in [1.54, 1.807) is 0 Å². The van der Waals surface area contributed by atoms with Crippen molar-refractivity contribution in [3.8, 4) is 0 Å². The summed E-state index contributed by atoms with van der Waals surface area (Å²) in [6, 6.07) is 0. The van der Waals surface area contributed by atoms with Crippen molar-refractivity contribution in [3.05, 3.63) is 0 Å². The van der Waals surface area contributed by atoms with Crippen LogP contribution in [-0.4, -0.2) is 17.9 Å². The summed E-state index contributed by atoms with van der Waals surface area (Å²) in [5.41, 5.74) is 0.0266. The summed E-state index contributed by atoms with van der Waals surface area (Å²) in [7, 11) is 0. The molecule has 8 aliphatic carbocycles. The summed E-state index contributed by atoms with van der Waals surface area (Å²) in [4.78, 5) is 13.1. The highest BCUT2D eigenvalue weighted by atomic mass is 16.7. The Morgan fingerprint density at radius 1 is 0.821 bits per heavy atom. The molecule has 0 aromatic carbocycles. The maximum atomic E-state index is 13.1. The number of carbonyl (C=O) groups is 1. The van der Waals surface area contributed by atoms with Gasteiger partial charge in [-0.15, -0.1) is 0 Å². The highest BCUT2D eigenvalue weighted by Gasteiger charge is 2.63. The van der Waals surface area contributed by atoms with Crippen LogP contribution in [0.3, 0.4) is 0 Å². The van der Waals surface area contributed by atoms with Gasteiger partial charge in [0.1, 0.15) is 0 Å². The minimum Gasteiger partial charge on any atom is -0.436 e. The van der Waals surface area contributed by atoms with E-state index in [9.17, 15) is 4.79 Å². The summed E-state index contributed by atoms with van der Waals surface area (Å²) in [6.45, 7) is 1.99. The van der Waals surface area contributed by atoms with Gasteiger partial charge in [-0.2, -0.15) is 0 Å². The van der Waals surface area contributed by atoms with E-state index in [0.29, 0.717) is 5.92 Å². The molecule has 8 fully saturated rings. The second-order valence-corrected chi connectivity index (χ2v) is 12.2. The largest absolute Gasteiger partial charge is 0.436 e. The molecule has 0 aliphatic heterocycles. The van der Waals surface area contributed by atoms with Crippen molar-refractivity contribution in [3.63, 3.8) is 0 Å². The van der Waals surface area contributed by atoms with E-state index in [2.05, 4.69) is 0 Å². The average Bonchev–Trinajstić information content (AvgIpc) is 3.39. The zero-order valence-electron chi connectivity index (χ0n) is 17.4. The van der Waals surface area contributed by atoms with E-state index >= 15 is 0 Å². The fourth-order valence-corrected chi connectivity index (χ4v) is 10.6. The Morgan fingerprint density at radius 2 is 1.46 bits per heavy atom. The highest BCUT2D eigenvalue weighted by Crippen LogP contribution is 2.69. The number of hydrogen-bond donors (Lipinski definition) is 0. The molecule has 8 aliphatic rings. The van der Waals surface area contributed by atoms with E-state index in [1.807, 2.05) is 6.92 Å². The van der Waals surface area contributed by atoms with Crippen LogP contribution in [0, 0.1) is 59.2 Å². The second kappa shape index (κ2) is 5.77. The molecule has 8 atom stereocenters. The normalized spacial score (nSPS) is 58.3. The predicted molar refractivity (Wildman–Crippen MR) is 105 cm³/mol. The van der Waals surface area contributed by atoms with Crippen molar-refractivity contribution >= 4 is 5.97 Å². The summed E-state index contributed by atoms with van der Waals surface area (Å²) < 4.78 is 12.5. The molecule has 0 spiro atoms. The summed E-state index contributed by atoms with van der Waals surface area (Å²) >= 11 is 0. The molecule has 3 nitrogen and oxygen atoms in total. The fourth-order valence-electron chi connectivity index (χ4n) is 10.6. The third kappa shape index (κ3) is 2.35. The first-order valence-electron chi connectivity index (χ1n) is 12.5. The lowest BCUT2D eigenvalue weighted by atomic mass is 9.54. The Bertz CT molecular complexity index is 650. The Hall–Kier alpha value is -0.570. The number of carbonyl (C=O) groups excluding carboxylic acids is 1. The Kier molecular flexibility index (Phi) is 3.53. The van der Waals surface area contributed by atoms with Gasteiger partial charge in [-0.05, 0) is 131 Å². The van der Waals surface area contributed by atoms with Crippen molar-refractivity contribution in [2.24, 2.45) is 59.2 Å². The van der Waals surface area contributed by atoms with Crippen LogP contribution in [0.1, 0.15) is 77.6 Å². The monoisotopic (exact) mass is 384 g/mol. The standard InChI is InChI=1S/C25H36O3/c1-13(28-25-10-14-4-15(11-25)6-16(5-14)12-25)27-24(26)21-9-19-8-20(21)23-18-3-2-17(7-18)22(19)23/h13-23H,2-12H2,1H3. The lowest BCUT2D eigenvalue weighted by Gasteiger charge is -2.56. The minimum atomic E-state index is -0.362. The summed E-state index contributed by atoms with van der Waals surface area (Å²) in [5.74, 6) is 8.06. The van der Waals surface area contributed by atoms with E-state index in [1.165, 1.54) is 64.2 Å². The van der Waals surface area contributed by atoms with Crippen LogP contribution < -0.4 is 0 Å². The first-order chi connectivity index (χ1) is 13.6. The van der Waals surface area contributed by atoms with Gasteiger partial charge < -0.3 is 9.47 Å². The maximum Gasteiger partial charge on any atom is 0.311 e. The molecule has 0 radical (unpaired) electrons. The number of esters is 1. The molecule has 0 aromatic rings. The SMILES string of the molecule is CC(OC(=O)C1CC2CC1C1C3CCC(C3)C21)OC12CC3CC(CC(C3)C1)C2. The van der Waals surface area contributed by atoms with Gasteiger partial charge >= 0.3 is 5.97 Å². The first-order valence-corrected chi connectivity index (χ1v) is 12.5. The lowest BCUT2D eigenvalue weighted by molar-refractivity contribution is -0.247. The molecule has 0 amide bonds. The molecule has 8 bridgehead atoms. The van der Waals surface area contributed by atoms with Crippen LogP contribution >= 0.6 is 0 Å². The van der Waals surface area contributed by atoms with Gasteiger partial charge in [0, 0.05) is 0 Å². The van der Waals surface area contributed by atoms with E-state index in [4.69, 9.17) is 9.47 Å². The molecule has 8 unspecified atom stereocenters. The highest BCUT2D eigenvalue weighted by molar-refractivity contribution is 5.73. The van der Waals surface area contributed by atoms with Gasteiger partial charge in [0.2, 0.25) is 6.29 Å². The van der Waals surface area contributed by atoms with Crippen LogP contribution in [0.25, 0.3) is 0 Å². The summed E-state index contributed by atoms with van der Waals surface area (Å²) in [5, 5.41) is 0. The van der Waals surface area contributed by atoms with E-state index in [-0.39, 0.29) is 23.8 Å². The fraction of sp³-hybridized carbons (Fsp3) is 0.960. The molecule has 8 rings (SSSR count). The zero-order valence-corrected chi connectivity index (χ0v) is 17.4. The molecular formula is C25H36O3. The molecule has 0 saturated heterocycles. The molecule has 0 aromatic heterocycles. The van der Waals surface area contributed by atoms with Gasteiger partial charge in [0.05, 0.1) is 11.5 Å². The van der Waals surface area contributed by atoms with Crippen molar-refractivity contribution in [2.45, 2.75) is 89.4 Å². The first kappa shape index (κ1) is 17.1. The van der Waals surface area contributed by atoms with Crippen molar-refractivity contribution < 1.29 is 14.3 Å². The molecule has 3 heteroatoms.